The summed E-state index contributed by atoms with van der Waals surface area (Å²) in [7, 11) is 0. The third-order valence-electron chi connectivity index (χ3n) is 2.66. The predicted octanol–water partition coefficient (Wildman–Crippen LogP) is 5.39. The Balaban J connectivity index is 2.19. The molecule has 0 saturated carbocycles. The minimum Gasteiger partial charge on any atom is -0.380 e. The Morgan fingerprint density at radius 3 is 2.65 bits per heavy atom. The van der Waals surface area contributed by atoms with Crippen molar-refractivity contribution in [2.75, 3.05) is 5.32 Å². The Morgan fingerprint density at radius 1 is 1.25 bits per heavy atom. The van der Waals surface area contributed by atoms with Crippen LogP contribution in [0.3, 0.4) is 0 Å². The minimum atomic E-state index is -0.416. The van der Waals surface area contributed by atoms with Gasteiger partial charge in [0.05, 0.1) is 15.6 Å². The van der Waals surface area contributed by atoms with Crippen LogP contribution in [0.15, 0.2) is 45.3 Å². The standard InChI is InChI=1S/C13H9Br2ClN2O2/c14-9-4-5-11(10(16)6-9)17-7-8-2-1-3-12(13(8)15)18(19)20/h1-6,17H,7H2. The van der Waals surface area contributed by atoms with Crippen molar-refractivity contribution < 1.29 is 4.92 Å². The molecule has 0 amide bonds. The van der Waals surface area contributed by atoms with Gasteiger partial charge in [0.25, 0.3) is 5.69 Å². The number of hydrogen-bond acceptors (Lipinski definition) is 3. The van der Waals surface area contributed by atoms with Gasteiger partial charge in [-0.1, -0.05) is 39.7 Å². The van der Waals surface area contributed by atoms with Crippen molar-refractivity contribution in [2.45, 2.75) is 6.54 Å². The molecule has 2 aromatic rings. The summed E-state index contributed by atoms with van der Waals surface area (Å²) < 4.78 is 1.37. The fraction of sp³-hybridized carbons (Fsp3) is 0.0769. The molecule has 0 bridgehead atoms. The quantitative estimate of drug-likeness (QED) is 0.533. The van der Waals surface area contributed by atoms with Gasteiger partial charge in [-0.05, 0) is 39.7 Å². The summed E-state index contributed by atoms with van der Waals surface area (Å²) in [6.07, 6.45) is 0. The summed E-state index contributed by atoms with van der Waals surface area (Å²) in [4.78, 5) is 10.5. The zero-order valence-electron chi connectivity index (χ0n) is 10.1. The molecule has 0 aliphatic rings. The Morgan fingerprint density at radius 2 is 2.00 bits per heavy atom. The highest BCUT2D eigenvalue weighted by Gasteiger charge is 2.14. The van der Waals surface area contributed by atoms with Crippen molar-refractivity contribution in [3.63, 3.8) is 0 Å². The van der Waals surface area contributed by atoms with E-state index >= 15 is 0 Å². The highest BCUT2D eigenvalue weighted by molar-refractivity contribution is 9.11. The predicted molar refractivity (Wildman–Crippen MR) is 87.3 cm³/mol. The van der Waals surface area contributed by atoms with E-state index < -0.39 is 4.92 Å². The summed E-state index contributed by atoms with van der Waals surface area (Å²) in [5.41, 5.74) is 1.61. The van der Waals surface area contributed by atoms with E-state index in [1.165, 1.54) is 6.07 Å². The fourth-order valence-electron chi connectivity index (χ4n) is 1.67. The second-order valence-electron chi connectivity index (χ2n) is 3.99. The number of nitrogens with one attached hydrogen (secondary N) is 1. The molecule has 0 atom stereocenters. The molecule has 0 saturated heterocycles. The van der Waals surface area contributed by atoms with E-state index in [0.717, 1.165) is 15.7 Å². The van der Waals surface area contributed by atoms with E-state index in [1.54, 1.807) is 12.1 Å². The fourth-order valence-corrected chi connectivity index (χ4v) is 2.96. The molecule has 0 aliphatic heterocycles. The summed E-state index contributed by atoms with van der Waals surface area (Å²) in [6.45, 7) is 0.434. The second kappa shape index (κ2) is 6.56. The first-order chi connectivity index (χ1) is 9.49. The Bertz CT molecular complexity index is 665. The van der Waals surface area contributed by atoms with Crippen LogP contribution in [0, 0.1) is 10.1 Å². The summed E-state index contributed by atoms with van der Waals surface area (Å²) in [6, 6.07) is 10.4. The van der Waals surface area contributed by atoms with E-state index in [0.29, 0.717) is 16.0 Å². The van der Waals surface area contributed by atoms with Gasteiger partial charge in [-0.2, -0.15) is 0 Å². The van der Waals surface area contributed by atoms with Crippen molar-refractivity contribution in [2.24, 2.45) is 0 Å². The molecule has 0 aliphatic carbocycles. The molecule has 2 aromatic carbocycles. The zero-order chi connectivity index (χ0) is 14.7. The van der Waals surface area contributed by atoms with Crippen molar-refractivity contribution in [3.8, 4) is 0 Å². The van der Waals surface area contributed by atoms with Crippen LogP contribution in [0.25, 0.3) is 0 Å². The van der Waals surface area contributed by atoms with Gasteiger partial charge in [0.1, 0.15) is 4.47 Å². The van der Waals surface area contributed by atoms with Crippen LogP contribution in [0.2, 0.25) is 5.02 Å². The number of benzene rings is 2. The maximum absolute atomic E-state index is 10.9. The zero-order valence-corrected chi connectivity index (χ0v) is 14.0. The van der Waals surface area contributed by atoms with Gasteiger partial charge in [0.2, 0.25) is 0 Å². The van der Waals surface area contributed by atoms with Gasteiger partial charge in [-0.15, -0.1) is 0 Å². The lowest BCUT2D eigenvalue weighted by molar-refractivity contribution is -0.385. The van der Waals surface area contributed by atoms with Crippen molar-refractivity contribution in [1.82, 2.24) is 0 Å². The molecule has 1 N–H and O–H groups in total. The average Bonchev–Trinajstić information content (AvgIpc) is 2.39. The topological polar surface area (TPSA) is 55.2 Å². The van der Waals surface area contributed by atoms with Gasteiger partial charge >= 0.3 is 0 Å². The second-order valence-corrected chi connectivity index (χ2v) is 6.10. The van der Waals surface area contributed by atoms with E-state index in [2.05, 4.69) is 37.2 Å². The maximum Gasteiger partial charge on any atom is 0.283 e. The minimum absolute atomic E-state index is 0.0474. The third-order valence-corrected chi connectivity index (χ3v) is 4.38. The largest absolute Gasteiger partial charge is 0.380 e. The normalized spacial score (nSPS) is 10.3. The van der Waals surface area contributed by atoms with Crippen molar-refractivity contribution in [1.29, 1.82) is 0 Å². The number of anilines is 1. The number of hydrogen-bond donors (Lipinski definition) is 1. The van der Waals surface area contributed by atoms with E-state index in [4.69, 9.17) is 11.6 Å². The van der Waals surface area contributed by atoms with Crippen LogP contribution < -0.4 is 5.32 Å². The molecule has 0 aromatic heterocycles. The summed E-state index contributed by atoms with van der Waals surface area (Å²) in [5, 5.41) is 14.6. The van der Waals surface area contributed by atoms with Gasteiger partial charge < -0.3 is 5.32 Å². The molecule has 4 nitrogen and oxygen atoms in total. The third kappa shape index (κ3) is 3.50. The highest BCUT2D eigenvalue weighted by Crippen LogP contribution is 2.30. The lowest BCUT2D eigenvalue weighted by atomic mass is 10.2. The molecule has 0 radical (unpaired) electrons. The number of nitro groups is 1. The van der Waals surface area contributed by atoms with Crippen LogP contribution in [0.5, 0.6) is 0 Å². The Labute approximate surface area is 137 Å². The Hall–Kier alpha value is -1.11. The summed E-state index contributed by atoms with van der Waals surface area (Å²) in [5.74, 6) is 0. The summed E-state index contributed by atoms with van der Waals surface area (Å²) >= 11 is 12.7. The van der Waals surface area contributed by atoms with Gasteiger partial charge in [0.15, 0.2) is 0 Å². The molecule has 0 unspecified atom stereocenters. The SMILES string of the molecule is O=[N+]([O-])c1cccc(CNc2ccc(Br)cc2Cl)c1Br. The molecule has 104 valence electrons. The van der Waals surface area contributed by atoms with Gasteiger partial charge in [0, 0.05) is 17.1 Å². The number of halogens is 3. The monoisotopic (exact) mass is 418 g/mol. The van der Waals surface area contributed by atoms with E-state index in [9.17, 15) is 10.1 Å². The van der Waals surface area contributed by atoms with E-state index in [-0.39, 0.29) is 5.69 Å². The number of rotatable bonds is 4. The molecule has 0 heterocycles. The number of nitrogens with zero attached hydrogens (tertiary/aromatic N) is 1. The van der Waals surface area contributed by atoms with Crippen LogP contribution in [0.1, 0.15) is 5.56 Å². The van der Waals surface area contributed by atoms with Crippen molar-refractivity contribution >= 4 is 54.8 Å². The first kappa shape index (κ1) is 15.3. The van der Waals surface area contributed by atoms with Gasteiger partial charge in [-0.25, -0.2) is 0 Å². The molecular formula is C13H9Br2ClN2O2. The molecule has 0 fully saturated rings. The molecule has 0 spiro atoms. The molecule has 2 rings (SSSR count). The van der Waals surface area contributed by atoms with Crippen LogP contribution in [-0.2, 0) is 6.54 Å². The Kier molecular flexibility index (Phi) is 5.01. The van der Waals surface area contributed by atoms with Crippen LogP contribution in [-0.4, -0.2) is 4.92 Å². The van der Waals surface area contributed by atoms with Gasteiger partial charge in [-0.3, -0.25) is 10.1 Å². The van der Waals surface area contributed by atoms with Crippen molar-refractivity contribution in [3.05, 3.63) is 66.0 Å². The first-order valence-corrected chi connectivity index (χ1v) is 7.56. The molecule has 7 heteroatoms. The lowest BCUT2D eigenvalue weighted by Crippen LogP contribution is -2.02. The average molecular weight is 420 g/mol. The maximum atomic E-state index is 10.9. The molecular weight excluding hydrogens is 411 g/mol. The number of nitro benzene ring substituents is 1. The van der Waals surface area contributed by atoms with Crippen LogP contribution in [0.4, 0.5) is 11.4 Å². The lowest BCUT2D eigenvalue weighted by Gasteiger charge is -2.10. The van der Waals surface area contributed by atoms with E-state index in [1.807, 2.05) is 18.2 Å². The van der Waals surface area contributed by atoms with Crippen LogP contribution >= 0.6 is 43.5 Å². The highest BCUT2D eigenvalue weighted by atomic mass is 79.9. The smallest absolute Gasteiger partial charge is 0.283 e. The first-order valence-electron chi connectivity index (χ1n) is 5.59. The molecule has 20 heavy (non-hydrogen) atoms.